The van der Waals surface area contributed by atoms with Gasteiger partial charge in [-0.3, -0.25) is 4.79 Å². The fourth-order valence-electron chi connectivity index (χ4n) is 2.08. The summed E-state index contributed by atoms with van der Waals surface area (Å²) >= 11 is 0. The van der Waals surface area contributed by atoms with Crippen LogP contribution in [0.2, 0.25) is 0 Å². The molecule has 0 spiro atoms. The maximum Gasteiger partial charge on any atom is 0.224 e. The first kappa shape index (κ1) is 14.7. The van der Waals surface area contributed by atoms with Gasteiger partial charge in [0.1, 0.15) is 6.61 Å². The molecule has 1 aromatic carbocycles. The number of carbonyl (C=O) groups is 1. The zero-order chi connectivity index (χ0) is 14.4. The lowest BCUT2D eigenvalue weighted by Gasteiger charge is -2.15. The summed E-state index contributed by atoms with van der Waals surface area (Å²) in [4.78, 5) is 11.4. The van der Waals surface area contributed by atoms with Gasteiger partial charge >= 0.3 is 0 Å². The maximum absolute atomic E-state index is 11.4. The molecule has 1 saturated heterocycles. The fourth-order valence-corrected chi connectivity index (χ4v) is 2.08. The molecule has 1 atom stereocenters. The number of benzene rings is 1. The van der Waals surface area contributed by atoms with Crippen LogP contribution in [0.5, 0.6) is 11.5 Å². The van der Waals surface area contributed by atoms with Crippen molar-refractivity contribution in [2.24, 2.45) is 0 Å². The maximum atomic E-state index is 11.4. The van der Waals surface area contributed by atoms with E-state index in [0.717, 1.165) is 19.4 Å². The molecule has 5 heteroatoms. The summed E-state index contributed by atoms with van der Waals surface area (Å²) in [5.41, 5.74) is 0.708. The minimum absolute atomic E-state index is 0.0276. The largest absolute Gasteiger partial charge is 0.493 e. The van der Waals surface area contributed by atoms with E-state index in [1.165, 1.54) is 0 Å². The second kappa shape index (κ2) is 7.14. The van der Waals surface area contributed by atoms with Crippen LogP contribution in [-0.2, 0) is 9.53 Å². The number of rotatable bonds is 6. The second-order valence-electron chi connectivity index (χ2n) is 4.71. The highest BCUT2D eigenvalue weighted by molar-refractivity contribution is 5.90. The van der Waals surface area contributed by atoms with Crippen molar-refractivity contribution in [3.63, 3.8) is 0 Å². The molecule has 1 fully saturated rings. The van der Waals surface area contributed by atoms with E-state index in [2.05, 4.69) is 5.32 Å². The average Bonchev–Trinajstić information content (AvgIpc) is 2.98. The van der Waals surface area contributed by atoms with E-state index in [9.17, 15) is 4.79 Å². The lowest BCUT2D eigenvalue weighted by atomic mass is 10.2. The Kier molecular flexibility index (Phi) is 5.24. The highest BCUT2D eigenvalue weighted by Crippen LogP contribution is 2.31. The van der Waals surface area contributed by atoms with Gasteiger partial charge in [-0.15, -0.1) is 0 Å². The minimum atomic E-state index is -0.0276. The molecule has 1 amide bonds. The molecule has 20 heavy (non-hydrogen) atoms. The van der Waals surface area contributed by atoms with Gasteiger partial charge in [0.25, 0.3) is 0 Å². The van der Waals surface area contributed by atoms with E-state index in [1.807, 2.05) is 6.92 Å². The molecule has 1 N–H and O–H groups in total. The van der Waals surface area contributed by atoms with Crippen LogP contribution in [0.25, 0.3) is 0 Å². The Labute approximate surface area is 119 Å². The molecule has 2 rings (SSSR count). The number of methoxy groups -OCH3 is 1. The van der Waals surface area contributed by atoms with E-state index in [-0.39, 0.29) is 12.0 Å². The zero-order valence-electron chi connectivity index (χ0n) is 12.0. The zero-order valence-corrected chi connectivity index (χ0v) is 12.0. The van der Waals surface area contributed by atoms with Crippen molar-refractivity contribution in [1.29, 1.82) is 0 Å². The minimum Gasteiger partial charge on any atom is -0.493 e. The van der Waals surface area contributed by atoms with Gasteiger partial charge in [-0.1, -0.05) is 6.92 Å². The summed E-state index contributed by atoms with van der Waals surface area (Å²) in [6, 6.07) is 5.36. The first-order chi connectivity index (χ1) is 9.72. The third-order valence-corrected chi connectivity index (χ3v) is 3.22. The molecule has 110 valence electrons. The van der Waals surface area contributed by atoms with E-state index >= 15 is 0 Å². The number of hydrogen-bond acceptors (Lipinski definition) is 4. The normalized spacial score (nSPS) is 17.8. The number of hydrogen-bond donors (Lipinski definition) is 1. The fraction of sp³-hybridized carbons (Fsp3) is 0.533. The predicted molar refractivity (Wildman–Crippen MR) is 76.4 cm³/mol. The van der Waals surface area contributed by atoms with Gasteiger partial charge in [0.2, 0.25) is 5.91 Å². The smallest absolute Gasteiger partial charge is 0.224 e. The van der Waals surface area contributed by atoms with Crippen LogP contribution < -0.4 is 14.8 Å². The Morgan fingerprint density at radius 3 is 2.95 bits per heavy atom. The predicted octanol–water partition coefficient (Wildman–Crippen LogP) is 2.60. The molecule has 1 heterocycles. The second-order valence-corrected chi connectivity index (χ2v) is 4.71. The highest BCUT2D eigenvalue weighted by Gasteiger charge is 2.17. The standard InChI is InChI=1S/C15H21NO4/c1-3-15(17)16-11-6-7-13(18-2)14(9-11)20-10-12-5-4-8-19-12/h6-7,9,12H,3-5,8,10H2,1-2H3,(H,16,17). The molecule has 5 nitrogen and oxygen atoms in total. The molecule has 1 aliphatic heterocycles. The lowest BCUT2D eigenvalue weighted by molar-refractivity contribution is -0.115. The lowest BCUT2D eigenvalue weighted by Crippen LogP contribution is -2.16. The molecule has 1 unspecified atom stereocenters. The molecule has 1 aliphatic rings. The number of anilines is 1. The van der Waals surface area contributed by atoms with Gasteiger partial charge in [-0.25, -0.2) is 0 Å². The Balaban J connectivity index is 2.03. The van der Waals surface area contributed by atoms with Crippen molar-refractivity contribution in [2.75, 3.05) is 25.6 Å². The Bertz CT molecular complexity index is 455. The van der Waals surface area contributed by atoms with Crippen LogP contribution in [0.3, 0.4) is 0 Å². The van der Waals surface area contributed by atoms with Gasteiger partial charge in [0, 0.05) is 24.8 Å². The first-order valence-corrected chi connectivity index (χ1v) is 6.95. The van der Waals surface area contributed by atoms with Crippen molar-refractivity contribution < 1.29 is 19.0 Å². The summed E-state index contributed by atoms with van der Waals surface area (Å²) < 4.78 is 16.6. The van der Waals surface area contributed by atoms with E-state index in [4.69, 9.17) is 14.2 Å². The number of carbonyl (C=O) groups excluding carboxylic acids is 1. The molecule has 0 bridgehead atoms. The number of amides is 1. The SMILES string of the molecule is CCC(=O)Nc1ccc(OC)c(OCC2CCCO2)c1. The van der Waals surface area contributed by atoms with Gasteiger partial charge in [0.05, 0.1) is 13.2 Å². The van der Waals surface area contributed by atoms with Crippen molar-refractivity contribution >= 4 is 11.6 Å². The monoisotopic (exact) mass is 279 g/mol. The van der Waals surface area contributed by atoms with Crippen LogP contribution >= 0.6 is 0 Å². The van der Waals surface area contributed by atoms with Crippen LogP contribution in [-0.4, -0.2) is 32.3 Å². The summed E-state index contributed by atoms with van der Waals surface area (Å²) in [6.07, 6.45) is 2.69. The summed E-state index contributed by atoms with van der Waals surface area (Å²) in [6.45, 7) is 3.12. The van der Waals surface area contributed by atoms with Crippen LogP contribution in [0, 0.1) is 0 Å². The summed E-state index contributed by atoms with van der Waals surface area (Å²) in [5, 5.41) is 2.81. The first-order valence-electron chi connectivity index (χ1n) is 6.95. The quantitative estimate of drug-likeness (QED) is 0.869. The number of nitrogens with one attached hydrogen (secondary N) is 1. The van der Waals surface area contributed by atoms with Gasteiger partial charge in [-0.2, -0.15) is 0 Å². The third-order valence-electron chi connectivity index (χ3n) is 3.22. The highest BCUT2D eigenvalue weighted by atomic mass is 16.5. The van der Waals surface area contributed by atoms with Gasteiger partial charge < -0.3 is 19.5 Å². The number of ether oxygens (including phenoxy) is 3. The van der Waals surface area contributed by atoms with Crippen molar-refractivity contribution in [1.82, 2.24) is 0 Å². The summed E-state index contributed by atoms with van der Waals surface area (Å²) in [7, 11) is 1.60. The van der Waals surface area contributed by atoms with Crippen LogP contribution in [0.1, 0.15) is 26.2 Å². The molecule has 0 saturated carbocycles. The summed E-state index contributed by atoms with van der Waals surface area (Å²) in [5.74, 6) is 1.25. The average molecular weight is 279 g/mol. The molecular weight excluding hydrogens is 258 g/mol. The van der Waals surface area contributed by atoms with Gasteiger partial charge in [-0.05, 0) is 25.0 Å². The van der Waals surface area contributed by atoms with Crippen LogP contribution in [0.15, 0.2) is 18.2 Å². The van der Waals surface area contributed by atoms with Crippen molar-refractivity contribution in [2.45, 2.75) is 32.3 Å². The molecule has 0 aromatic heterocycles. The van der Waals surface area contributed by atoms with E-state index < -0.39 is 0 Å². The molecule has 0 radical (unpaired) electrons. The molecule has 1 aromatic rings. The van der Waals surface area contributed by atoms with E-state index in [1.54, 1.807) is 25.3 Å². The Morgan fingerprint density at radius 1 is 1.45 bits per heavy atom. The van der Waals surface area contributed by atoms with E-state index in [0.29, 0.717) is 30.2 Å². The molecular formula is C15H21NO4. The Hall–Kier alpha value is -1.75. The topological polar surface area (TPSA) is 56.8 Å². The van der Waals surface area contributed by atoms with Crippen molar-refractivity contribution in [3.05, 3.63) is 18.2 Å². The van der Waals surface area contributed by atoms with Crippen molar-refractivity contribution in [3.8, 4) is 11.5 Å². The molecule has 0 aliphatic carbocycles. The third kappa shape index (κ3) is 3.87. The van der Waals surface area contributed by atoms with Gasteiger partial charge in [0.15, 0.2) is 11.5 Å². The van der Waals surface area contributed by atoms with Crippen LogP contribution in [0.4, 0.5) is 5.69 Å². The Morgan fingerprint density at radius 2 is 2.30 bits per heavy atom.